The SMILES string of the molecule is Cc1nccnc1C(Cc1ccc(Cl)cc1)C(=O)O. The maximum atomic E-state index is 11.4. The number of carbonyl (C=O) groups is 1. The van der Waals surface area contributed by atoms with Crippen LogP contribution in [0.15, 0.2) is 36.7 Å². The number of aryl methyl sites for hydroxylation is 1. The monoisotopic (exact) mass is 276 g/mol. The first-order valence-electron chi connectivity index (χ1n) is 5.82. The van der Waals surface area contributed by atoms with Gasteiger partial charge in [-0.3, -0.25) is 14.8 Å². The summed E-state index contributed by atoms with van der Waals surface area (Å²) >= 11 is 5.81. The van der Waals surface area contributed by atoms with Gasteiger partial charge < -0.3 is 5.11 Å². The van der Waals surface area contributed by atoms with Gasteiger partial charge in [0.1, 0.15) is 5.92 Å². The molecule has 0 aliphatic rings. The Bertz CT molecular complexity index is 584. The van der Waals surface area contributed by atoms with Crippen molar-refractivity contribution in [3.05, 3.63) is 58.6 Å². The Morgan fingerprint density at radius 3 is 2.47 bits per heavy atom. The predicted octanol–water partition coefficient (Wildman–Crippen LogP) is 2.85. The molecule has 0 spiro atoms. The zero-order valence-electron chi connectivity index (χ0n) is 10.4. The van der Waals surface area contributed by atoms with Crippen molar-refractivity contribution < 1.29 is 9.90 Å². The lowest BCUT2D eigenvalue weighted by Gasteiger charge is -2.13. The van der Waals surface area contributed by atoms with Crippen molar-refractivity contribution in [3.8, 4) is 0 Å². The average Bonchev–Trinajstić information content (AvgIpc) is 2.39. The van der Waals surface area contributed by atoms with E-state index in [9.17, 15) is 9.90 Å². The fourth-order valence-electron chi connectivity index (χ4n) is 1.92. The molecule has 0 aliphatic heterocycles. The second-order valence-corrected chi connectivity index (χ2v) is 4.68. The van der Waals surface area contributed by atoms with E-state index in [0.29, 0.717) is 22.8 Å². The Hall–Kier alpha value is -1.94. The van der Waals surface area contributed by atoms with Crippen molar-refractivity contribution in [2.75, 3.05) is 0 Å². The largest absolute Gasteiger partial charge is 0.481 e. The Balaban J connectivity index is 2.29. The summed E-state index contributed by atoms with van der Waals surface area (Å²) in [5.41, 5.74) is 2.05. The molecule has 2 rings (SSSR count). The Morgan fingerprint density at radius 2 is 1.89 bits per heavy atom. The molecule has 19 heavy (non-hydrogen) atoms. The molecule has 4 nitrogen and oxygen atoms in total. The minimum atomic E-state index is -0.904. The number of carboxylic acid groups (broad SMARTS) is 1. The smallest absolute Gasteiger partial charge is 0.313 e. The summed E-state index contributed by atoms with van der Waals surface area (Å²) in [5.74, 6) is -1.60. The Kier molecular flexibility index (Phi) is 4.12. The molecule has 5 heteroatoms. The minimum absolute atomic E-state index is 0.367. The van der Waals surface area contributed by atoms with Gasteiger partial charge in [-0.2, -0.15) is 0 Å². The van der Waals surface area contributed by atoms with Crippen LogP contribution in [0.5, 0.6) is 0 Å². The number of carboxylic acids is 1. The van der Waals surface area contributed by atoms with Gasteiger partial charge >= 0.3 is 5.97 Å². The first kappa shape index (κ1) is 13.5. The van der Waals surface area contributed by atoms with Crippen LogP contribution < -0.4 is 0 Å². The molecule has 1 aromatic heterocycles. The molecule has 2 aromatic rings. The second-order valence-electron chi connectivity index (χ2n) is 4.25. The van der Waals surface area contributed by atoms with Crippen LogP contribution in [0.3, 0.4) is 0 Å². The van der Waals surface area contributed by atoms with E-state index in [4.69, 9.17) is 11.6 Å². The molecule has 0 radical (unpaired) electrons. The quantitative estimate of drug-likeness (QED) is 0.933. The highest BCUT2D eigenvalue weighted by Crippen LogP contribution is 2.22. The molecule has 1 atom stereocenters. The van der Waals surface area contributed by atoms with E-state index in [1.165, 1.54) is 6.20 Å². The molecule has 0 saturated heterocycles. The molecule has 0 amide bonds. The molecule has 1 aromatic carbocycles. The highest BCUT2D eigenvalue weighted by Gasteiger charge is 2.23. The fraction of sp³-hybridized carbons (Fsp3) is 0.214. The van der Waals surface area contributed by atoms with Gasteiger partial charge in [-0.05, 0) is 31.0 Å². The Labute approximate surface area is 116 Å². The van der Waals surface area contributed by atoms with Crippen molar-refractivity contribution in [1.82, 2.24) is 9.97 Å². The molecule has 1 heterocycles. The van der Waals surface area contributed by atoms with E-state index in [-0.39, 0.29) is 0 Å². The molecule has 0 aliphatic carbocycles. The maximum Gasteiger partial charge on any atom is 0.313 e. The van der Waals surface area contributed by atoms with Gasteiger partial charge in [0.25, 0.3) is 0 Å². The van der Waals surface area contributed by atoms with Crippen LogP contribution in [-0.4, -0.2) is 21.0 Å². The van der Waals surface area contributed by atoms with Gasteiger partial charge in [0.15, 0.2) is 0 Å². The second kappa shape index (κ2) is 5.80. The number of aromatic nitrogens is 2. The molecule has 0 fully saturated rings. The van der Waals surface area contributed by atoms with Crippen molar-refractivity contribution in [2.45, 2.75) is 19.3 Å². The van der Waals surface area contributed by atoms with Crippen molar-refractivity contribution in [3.63, 3.8) is 0 Å². The van der Waals surface area contributed by atoms with Crippen molar-refractivity contribution in [1.29, 1.82) is 0 Å². The van der Waals surface area contributed by atoms with E-state index in [2.05, 4.69) is 9.97 Å². The van der Waals surface area contributed by atoms with Crippen LogP contribution >= 0.6 is 11.6 Å². The number of nitrogens with zero attached hydrogens (tertiary/aromatic N) is 2. The maximum absolute atomic E-state index is 11.4. The lowest BCUT2D eigenvalue weighted by atomic mass is 9.95. The summed E-state index contributed by atoms with van der Waals surface area (Å²) in [7, 11) is 0. The van der Waals surface area contributed by atoms with Gasteiger partial charge in [-0.1, -0.05) is 23.7 Å². The van der Waals surface area contributed by atoms with Crippen LogP contribution in [0.1, 0.15) is 22.9 Å². The van der Waals surface area contributed by atoms with Crippen LogP contribution in [0, 0.1) is 6.92 Å². The van der Waals surface area contributed by atoms with E-state index < -0.39 is 11.9 Å². The standard InChI is InChI=1S/C14H13ClN2O2/c1-9-13(17-7-6-16-9)12(14(18)19)8-10-2-4-11(15)5-3-10/h2-7,12H,8H2,1H3,(H,18,19). The number of halogens is 1. The first-order chi connectivity index (χ1) is 9.08. The number of rotatable bonds is 4. The normalized spacial score (nSPS) is 12.1. The average molecular weight is 277 g/mol. The van der Waals surface area contributed by atoms with E-state index in [1.807, 2.05) is 12.1 Å². The fourth-order valence-corrected chi connectivity index (χ4v) is 2.04. The molecule has 0 saturated carbocycles. The summed E-state index contributed by atoms with van der Waals surface area (Å²) in [6.45, 7) is 1.76. The zero-order chi connectivity index (χ0) is 13.8. The first-order valence-corrected chi connectivity index (χ1v) is 6.20. The van der Waals surface area contributed by atoms with Gasteiger partial charge in [-0.15, -0.1) is 0 Å². The van der Waals surface area contributed by atoms with Gasteiger partial charge in [0.2, 0.25) is 0 Å². The van der Waals surface area contributed by atoms with Crippen LogP contribution in [0.25, 0.3) is 0 Å². The summed E-state index contributed by atoms with van der Waals surface area (Å²) in [6, 6.07) is 7.15. The number of hydrogen-bond donors (Lipinski definition) is 1. The van der Waals surface area contributed by atoms with E-state index in [1.54, 1.807) is 25.3 Å². The summed E-state index contributed by atoms with van der Waals surface area (Å²) in [5, 5.41) is 10.0. The molecular weight excluding hydrogens is 264 g/mol. The van der Waals surface area contributed by atoms with Gasteiger partial charge in [-0.25, -0.2) is 0 Å². The topological polar surface area (TPSA) is 63.1 Å². The number of hydrogen-bond acceptors (Lipinski definition) is 3. The minimum Gasteiger partial charge on any atom is -0.481 e. The van der Waals surface area contributed by atoms with Crippen LogP contribution in [0.4, 0.5) is 0 Å². The van der Waals surface area contributed by atoms with Crippen molar-refractivity contribution in [2.24, 2.45) is 0 Å². The number of benzene rings is 1. The van der Waals surface area contributed by atoms with Crippen molar-refractivity contribution >= 4 is 17.6 Å². The summed E-state index contributed by atoms with van der Waals surface area (Å²) < 4.78 is 0. The lowest BCUT2D eigenvalue weighted by molar-refractivity contribution is -0.138. The Morgan fingerprint density at radius 1 is 1.26 bits per heavy atom. The molecule has 98 valence electrons. The third kappa shape index (κ3) is 3.29. The van der Waals surface area contributed by atoms with Gasteiger partial charge in [0, 0.05) is 17.4 Å². The molecule has 1 N–H and O–H groups in total. The highest BCUT2D eigenvalue weighted by atomic mass is 35.5. The molecular formula is C14H13ClN2O2. The third-order valence-electron chi connectivity index (χ3n) is 2.90. The van der Waals surface area contributed by atoms with Crippen LogP contribution in [-0.2, 0) is 11.2 Å². The highest BCUT2D eigenvalue weighted by molar-refractivity contribution is 6.30. The van der Waals surface area contributed by atoms with E-state index >= 15 is 0 Å². The zero-order valence-corrected chi connectivity index (χ0v) is 11.1. The lowest BCUT2D eigenvalue weighted by Crippen LogP contribution is -2.17. The summed E-state index contributed by atoms with van der Waals surface area (Å²) in [4.78, 5) is 19.7. The summed E-state index contributed by atoms with van der Waals surface area (Å²) in [6.07, 6.45) is 3.44. The molecule has 0 bridgehead atoms. The van der Waals surface area contributed by atoms with Crippen LogP contribution in [0.2, 0.25) is 5.02 Å². The number of aliphatic carboxylic acids is 1. The molecule has 1 unspecified atom stereocenters. The van der Waals surface area contributed by atoms with E-state index in [0.717, 1.165) is 5.56 Å². The predicted molar refractivity (Wildman–Crippen MR) is 72.3 cm³/mol. The third-order valence-corrected chi connectivity index (χ3v) is 3.15. The van der Waals surface area contributed by atoms with Gasteiger partial charge in [0.05, 0.1) is 11.4 Å².